The van der Waals surface area contributed by atoms with E-state index in [-0.39, 0.29) is 5.75 Å². The van der Waals surface area contributed by atoms with E-state index in [0.717, 1.165) is 18.8 Å². The first-order valence-electron chi connectivity index (χ1n) is 6.20. The lowest BCUT2D eigenvalue weighted by molar-refractivity contribution is -0.274. The maximum atomic E-state index is 12.1. The lowest BCUT2D eigenvalue weighted by atomic mass is 10.1. The van der Waals surface area contributed by atoms with Crippen molar-refractivity contribution in [3.05, 3.63) is 24.3 Å². The summed E-state index contributed by atoms with van der Waals surface area (Å²) in [4.78, 5) is 2.16. The molecule has 1 aromatic carbocycles. The van der Waals surface area contributed by atoms with Crippen LogP contribution in [0.1, 0.15) is 13.8 Å². The zero-order valence-electron chi connectivity index (χ0n) is 10.9. The van der Waals surface area contributed by atoms with Crippen molar-refractivity contribution < 1.29 is 17.9 Å². The fraction of sp³-hybridized carbons (Fsp3) is 0.538. The van der Waals surface area contributed by atoms with E-state index < -0.39 is 6.36 Å². The van der Waals surface area contributed by atoms with Gasteiger partial charge in [0.05, 0.1) is 0 Å². The van der Waals surface area contributed by atoms with Gasteiger partial charge in [-0.3, -0.25) is 0 Å². The van der Waals surface area contributed by atoms with Crippen LogP contribution < -0.4 is 15.0 Å². The second kappa shape index (κ2) is 5.28. The summed E-state index contributed by atoms with van der Waals surface area (Å²) < 4.78 is 40.0. The topological polar surface area (TPSA) is 24.5 Å². The Bertz CT molecular complexity index is 409. The fourth-order valence-electron chi connectivity index (χ4n) is 2.40. The second-order valence-corrected chi connectivity index (χ2v) is 4.92. The van der Waals surface area contributed by atoms with Crippen molar-refractivity contribution in [2.75, 3.05) is 18.0 Å². The van der Waals surface area contributed by atoms with Crippen LogP contribution in [0, 0.1) is 0 Å². The quantitative estimate of drug-likeness (QED) is 0.897. The van der Waals surface area contributed by atoms with Crippen LogP contribution in [0.3, 0.4) is 0 Å². The highest BCUT2D eigenvalue weighted by Crippen LogP contribution is 2.26. The van der Waals surface area contributed by atoms with E-state index in [2.05, 4.69) is 28.8 Å². The third-order valence-electron chi connectivity index (χ3n) is 2.99. The van der Waals surface area contributed by atoms with Gasteiger partial charge in [-0.15, -0.1) is 13.2 Å². The molecular formula is C13H17F3N2O. The number of rotatable bonds is 2. The average molecular weight is 274 g/mol. The highest BCUT2D eigenvalue weighted by atomic mass is 19.4. The number of benzene rings is 1. The molecule has 19 heavy (non-hydrogen) atoms. The minimum absolute atomic E-state index is 0.188. The van der Waals surface area contributed by atoms with Crippen LogP contribution in [0.4, 0.5) is 18.9 Å². The van der Waals surface area contributed by atoms with E-state index in [0.29, 0.717) is 12.1 Å². The minimum Gasteiger partial charge on any atom is -0.406 e. The van der Waals surface area contributed by atoms with Gasteiger partial charge in [-0.05, 0) is 38.1 Å². The Morgan fingerprint density at radius 2 is 1.63 bits per heavy atom. The molecule has 0 aromatic heterocycles. The van der Waals surface area contributed by atoms with Crippen molar-refractivity contribution in [1.29, 1.82) is 0 Å². The van der Waals surface area contributed by atoms with E-state index in [4.69, 9.17) is 0 Å². The summed E-state index contributed by atoms with van der Waals surface area (Å²) >= 11 is 0. The van der Waals surface area contributed by atoms with Crippen molar-refractivity contribution in [2.45, 2.75) is 32.3 Å². The number of hydrogen-bond acceptors (Lipinski definition) is 3. The van der Waals surface area contributed by atoms with Gasteiger partial charge in [-0.1, -0.05) is 0 Å². The Balaban J connectivity index is 2.05. The van der Waals surface area contributed by atoms with Crippen molar-refractivity contribution in [3.8, 4) is 5.75 Å². The van der Waals surface area contributed by atoms with Crippen molar-refractivity contribution in [2.24, 2.45) is 0 Å². The van der Waals surface area contributed by atoms with Gasteiger partial charge in [0.2, 0.25) is 0 Å². The first-order chi connectivity index (χ1) is 8.83. The number of ether oxygens (including phenoxy) is 1. The van der Waals surface area contributed by atoms with Crippen molar-refractivity contribution in [3.63, 3.8) is 0 Å². The average Bonchev–Trinajstić information content (AvgIpc) is 2.26. The zero-order chi connectivity index (χ0) is 14.0. The SMILES string of the molecule is C[C@H]1CN(c2ccc(OC(F)(F)F)cc2)C[C@H](C)N1. The summed E-state index contributed by atoms with van der Waals surface area (Å²) in [6.45, 7) is 5.85. The Morgan fingerprint density at radius 1 is 1.11 bits per heavy atom. The van der Waals surface area contributed by atoms with E-state index in [1.165, 1.54) is 12.1 Å². The number of alkyl halides is 3. The van der Waals surface area contributed by atoms with Gasteiger partial charge in [0, 0.05) is 30.9 Å². The summed E-state index contributed by atoms with van der Waals surface area (Å²) in [5.74, 6) is -0.188. The molecule has 1 aliphatic heterocycles. The maximum absolute atomic E-state index is 12.1. The molecule has 1 N–H and O–H groups in total. The Kier molecular flexibility index (Phi) is 3.89. The summed E-state index contributed by atoms with van der Waals surface area (Å²) in [6.07, 6.45) is -4.64. The Hall–Kier alpha value is -1.43. The highest BCUT2D eigenvalue weighted by molar-refractivity contribution is 5.49. The van der Waals surface area contributed by atoms with Crippen LogP contribution in [-0.2, 0) is 0 Å². The van der Waals surface area contributed by atoms with E-state index in [1.807, 2.05) is 0 Å². The molecule has 1 saturated heterocycles. The molecule has 1 heterocycles. The molecule has 2 rings (SSSR count). The van der Waals surface area contributed by atoms with Crippen LogP contribution in [0.2, 0.25) is 0 Å². The number of hydrogen-bond donors (Lipinski definition) is 1. The molecule has 1 fully saturated rings. The lowest BCUT2D eigenvalue weighted by Crippen LogP contribution is -2.54. The first-order valence-corrected chi connectivity index (χ1v) is 6.20. The van der Waals surface area contributed by atoms with Crippen LogP contribution in [0.25, 0.3) is 0 Å². The number of anilines is 1. The fourth-order valence-corrected chi connectivity index (χ4v) is 2.40. The predicted molar refractivity (Wildman–Crippen MR) is 67.4 cm³/mol. The zero-order valence-corrected chi connectivity index (χ0v) is 10.9. The number of halogens is 3. The number of piperazine rings is 1. The third-order valence-corrected chi connectivity index (χ3v) is 2.99. The molecule has 0 amide bonds. The largest absolute Gasteiger partial charge is 0.573 e. The smallest absolute Gasteiger partial charge is 0.406 e. The Morgan fingerprint density at radius 3 is 2.11 bits per heavy atom. The molecule has 0 bridgehead atoms. The van der Waals surface area contributed by atoms with E-state index in [1.54, 1.807) is 12.1 Å². The molecule has 0 saturated carbocycles. The van der Waals surface area contributed by atoms with Gasteiger partial charge < -0.3 is 15.0 Å². The minimum atomic E-state index is -4.64. The maximum Gasteiger partial charge on any atom is 0.573 e. The summed E-state index contributed by atoms with van der Waals surface area (Å²) in [6, 6.07) is 6.72. The van der Waals surface area contributed by atoms with Crippen LogP contribution in [-0.4, -0.2) is 31.5 Å². The molecule has 0 unspecified atom stereocenters. The lowest BCUT2D eigenvalue weighted by Gasteiger charge is -2.37. The summed E-state index contributed by atoms with van der Waals surface area (Å²) in [5, 5.41) is 3.41. The van der Waals surface area contributed by atoms with Gasteiger partial charge in [-0.2, -0.15) is 0 Å². The van der Waals surface area contributed by atoms with E-state index in [9.17, 15) is 13.2 Å². The van der Waals surface area contributed by atoms with Gasteiger partial charge >= 0.3 is 6.36 Å². The molecule has 3 nitrogen and oxygen atoms in total. The molecule has 2 atom stereocenters. The van der Waals surface area contributed by atoms with Crippen LogP contribution >= 0.6 is 0 Å². The summed E-state index contributed by atoms with van der Waals surface area (Å²) in [5.41, 5.74) is 0.912. The van der Waals surface area contributed by atoms with E-state index >= 15 is 0 Å². The molecule has 6 heteroatoms. The predicted octanol–water partition coefficient (Wildman–Crippen LogP) is 2.77. The monoisotopic (exact) mass is 274 g/mol. The van der Waals surface area contributed by atoms with Gasteiger partial charge in [0.1, 0.15) is 5.75 Å². The molecule has 0 spiro atoms. The normalized spacial score (nSPS) is 24.4. The Labute approximate surface area is 110 Å². The molecular weight excluding hydrogens is 257 g/mol. The van der Waals surface area contributed by atoms with Gasteiger partial charge in [-0.25, -0.2) is 0 Å². The summed E-state index contributed by atoms with van der Waals surface area (Å²) in [7, 11) is 0. The molecule has 1 aromatic rings. The van der Waals surface area contributed by atoms with Crippen LogP contribution in [0.5, 0.6) is 5.75 Å². The van der Waals surface area contributed by atoms with Gasteiger partial charge in [0.25, 0.3) is 0 Å². The highest BCUT2D eigenvalue weighted by Gasteiger charge is 2.31. The van der Waals surface area contributed by atoms with Crippen molar-refractivity contribution in [1.82, 2.24) is 5.32 Å². The van der Waals surface area contributed by atoms with Crippen LogP contribution in [0.15, 0.2) is 24.3 Å². The number of nitrogens with zero attached hydrogens (tertiary/aromatic N) is 1. The van der Waals surface area contributed by atoms with Crippen molar-refractivity contribution >= 4 is 5.69 Å². The molecule has 0 radical (unpaired) electrons. The van der Waals surface area contributed by atoms with Gasteiger partial charge in [0.15, 0.2) is 0 Å². The standard InChI is InChI=1S/C13H17F3N2O/c1-9-7-18(8-10(2)17-9)11-3-5-12(6-4-11)19-13(14,15)16/h3-6,9-10,17H,7-8H2,1-2H3/t9-,10-/m0/s1. The first kappa shape index (κ1) is 14.0. The second-order valence-electron chi connectivity index (χ2n) is 4.92. The third kappa shape index (κ3) is 4.02. The molecule has 106 valence electrons. The molecule has 0 aliphatic carbocycles. The number of nitrogens with one attached hydrogen (secondary N) is 1. The molecule has 1 aliphatic rings.